The Balaban J connectivity index is 1.65. The molecule has 1 amide bonds. The van der Waals surface area contributed by atoms with Gasteiger partial charge in [-0.2, -0.15) is 0 Å². The number of hydrogen-bond acceptors (Lipinski definition) is 6. The summed E-state index contributed by atoms with van der Waals surface area (Å²) in [6.07, 6.45) is 1.39. The largest absolute Gasteiger partial charge is 0.492 e. The highest BCUT2D eigenvalue weighted by atomic mass is 32.2. The summed E-state index contributed by atoms with van der Waals surface area (Å²) in [5.41, 5.74) is 1.38. The quantitative estimate of drug-likeness (QED) is 0.448. The molecule has 0 aliphatic carbocycles. The average Bonchev–Trinajstić information content (AvgIpc) is 2.94. The molecular weight excluding hydrogens is 326 g/mol. The smallest absolute Gasteiger partial charge is 0.230 e. The Morgan fingerprint density at radius 1 is 1.33 bits per heavy atom. The molecule has 7 nitrogen and oxygen atoms in total. The Labute approximate surface area is 145 Å². The summed E-state index contributed by atoms with van der Waals surface area (Å²) in [6.45, 7) is 7.37. The SMILES string of the molecule is CC(C)(C)c1ccc(OCCNC(=O)CSc2nncn2N)cc1. The lowest BCUT2D eigenvalue weighted by atomic mass is 9.87. The molecule has 0 radical (unpaired) electrons. The van der Waals surface area contributed by atoms with Crippen LogP contribution >= 0.6 is 11.8 Å². The zero-order valence-electron chi connectivity index (χ0n) is 14.2. The van der Waals surface area contributed by atoms with Crippen molar-refractivity contribution in [2.45, 2.75) is 31.3 Å². The zero-order valence-corrected chi connectivity index (χ0v) is 15.0. The number of ether oxygens (including phenoxy) is 1. The number of carbonyl (C=O) groups is 1. The molecule has 8 heteroatoms. The van der Waals surface area contributed by atoms with Crippen molar-refractivity contribution in [3.63, 3.8) is 0 Å². The molecule has 0 aliphatic rings. The van der Waals surface area contributed by atoms with Crippen molar-refractivity contribution >= 4 is 17.7 Å². The van der Waals surface area contributed by atoms with Crippen molar-refractivity contribution in [3.05, 3.63) is 36.2 Å². The van der Waals surface area contributed by atoms with E-state index in [4.69, 9.17) is 10.6 Å². The van der Waals surface area contributed by atoms with Gasteiger partial charge < -0.3 is 15.9 Å². The number of aromatic nitrogens is 3. The van der Waals surface area contributed by atoms with E-state index in [1.807, 2.05) is 12.1 Å². The normalized spacial score (nSPS) is 11.3. The Morgan fingerprint density at radius 3 is 2.62 bits per heavy atom. The van der Waals surface area contributed by atoms with Crippen LogP contribution in [0.5, 0.6) is 5.75 Å². The molecule has 0 saturated heterocycles. The number of nitrogens with one attached hydrogen (secondary N) is 1. The van der Waals surface area contributed by atoms with Gasteiger partial charge in [-0.1, -0.05) is 44.7 Å². The van der Waals surface area contributed by atoms with Crippen LogP contribution in [-0.2, 0) is 10.2 Å². The topological polar surface area (TPSA) is 95.1 Å². The van der Waals surface area contributed by atoms with E-state index in [0.717, 1.165) is 5.75 Å². The third-order valence-corrected chi connectivity index (χ3v) is 4.24. The fourth-order valence-corrected chi connectivity index (χ4v) is 2.59. The summed E-state index contributed by atoms with van der Waals surface area (Å²) in [5, 5.41) is 10.7. The van der Waals surface area contributed by atoms with Crippen molar-refractivity contribution in [2.24, 2.45) is 0 Å². The fraction of sp³-hybridized carbons (Fsp3) is 0.438. The van der Waals surface area contributed by atoms with E-state index in [-0.39, 0.29) is 17.1 Å². The van der Waals surface area contributed by atoms with Crippen LogP contribution < -0.4 is 15.9 Å². The van der Waals surface area contributed by atoms with Crippen molar-refractivity contribution < 1.29 is 9.53 Å². The second kappa shape index (κ2) is 8.05. The van der Waals surface area contributed by atoms with E-state index < -0.39 is 0 Å². The molecule has 24 heavy (non-hydrogen) atoms. The van der Waals surface area contributed by atoms with Gasteiger partial charge >= 0.3 is 0 Å². The molecule has 3 N–H and O–H groups in total. The van der Waals surface area contributed by atoms with E-state index in [9.17, 15) is 4.79 Å². The minimum Gasteiger partial charge on any atom is -0.492 e. The zero-order chi connectivity index (χ0) is 17.6. The molecule has 1 heterocycles. The lowest BCUT2D eigenvalue weighted by Crippen LogP contribution is -2.29. The van der Waals surface area contributed by atoms with Gasteiger partial charge in [-0.25, -0.2) is 4.68 Å². The van der Waals surface area contributed by atoms with Gasteiger partial charge in [0.2, 0.25) is 11.1 Å². The highest BCUT2D eigenvalue weighted by Gasteiger charge is 2.13. The van der Waals surface area contributed by atoms with Gasteiger partial charge in [-0.3, -0.25) is 4.79 Å². The average molecular weight is 349 g/mol. The first-order valence-corrected chi connectivity index (χ1v) is 8.63. The molecule has 0 fully saturated rings. The number of nitrogen functional groups attached to an aromatic ring is 1. The predicted molar refractivity (Wildman–Crippen MR) is 94.5 cm³/mol. The maximum Gasteiger partial charge on any atom is 0.230 e. The Hall–Kier alpha value is -2.22. The third-order valence-electron chi connectivity index (χ3n) is 3.29. The second-order valence-corrected chi connectivity index (χ2v) is 7.22. The second-order valence-electron chi connectivity index (χ2n) is 6.28. The summed E-state index contributed by atoms with van der Waals surface area (Å²) < 4.78 is 6.91. The molecule has 0 bridgehead atoms. The molecule has 0 atom stereocenters. The van der Waals surface area contributed by atoms with E-state index in [1.54, 1.807) is 0 Å². The third kappa shape index (κ3) is 5.45. The molecule has 0 spiro atoms. The molecule has 0 aliphatic heterocycles. The van der Waals surface area contributed by atoms with E-state index in [1.165, 1.54) is 28.3 Å². The number of hydrogen-bond donors (Lipinski definition) is 2. The van der Waals surface area contributed by atoms with Crippen LogP contribution in [0.3, 0.4) is 0 Å². The lowest BCUT2D eigenvalue weighted by molar-refractivity contribution is -0.118. The standard InChI is InChI=1S/C16H23N5O2S/c1-16(2,3)12-4-6-13(7-5-12)23-9-8-18-14(22)10-24-15-20-19-11-21(15)17/h4-7,11H,8-10,17H2,1-3H3,(H,18,22). The highest BCUT2D eigenvalue weighted by Crippen LogP contribution is 2.24. The number of rotatable bonds is 7. The van der Waals surface area contributed by atoms with Gasteiger partial charge in [0, 0.05) is 0 Å². The number of carbonyl (C=O) groups excluding carboxylic acids is 1. The maximum atomic E-state index is 11.7. The highest BCUT2D eigenvalue weighted by molar-refractivity contribution is 7.99. The summed E-state index contributed by atoms with van der Waals surface area (Å²) >= 11 is 1.23. The first-order chi connectivity index (χ1) is 11.4. The molecule has 1 aromatic heterocycles. The Bertz CT molecular complexity index is 664. The van der Waals surface area contributed by atoms with Gasteiger partial charge in [-0.15, -0.1) is 10.2 Å². The maximum absolute atomic E-state index is 11.7. The number of nitrogens with two attached hydrogens (primary N) is 1. The molecular formula is C16H23N5O2S. The monoisotopic (exact) mass is 349 g/mol. The van der Waals surface area contributed by atoms with Crippen LogP contribution in [0, 0.1) is 0 Å². The van der Waals surface area contributed by atoms with Crippen molar-refractivity contribution in [3.8, 4) is 5.75 Å². The first kappa shape index (κ1) is 18.1. The number of thioether (sulfide) groups is 1. The lowest BCUT2D eigenvalue weighted by Gasteiger charge is -2.19. The van der Waals surface area contributed by atoms with Crippen LogP contribution in [-0.4, -0.2) is 39.7 Å². The van der Waals surface area contributed by atoms with Crippen LogP contribution in [0.15, 0.2) is 35.7 Å². The number of amides is 1. The minimum absolute atomic E-state index is 0.102. The van der Waals surface area contributed by atoms with Crippen LogP contribution in [0.25, 0.3) is 0 Å². The first-order valence-electron chi connectivity index (χ1n) is 7.64. The Kier molecular flexibility index (Phi) is 6.08. The van der Waals surface area contributed by atoms with Gasteiger partial charge in [0.25, 0.3) is 0 Å². The molecule has 0 unspecified atom stereocenters. The van der Waals surface area contributed by atoms with Gasteiger partial charge in [0.1, 0.15) is 18.7 Å². The van der Waals surface area contributed by atoms with Crippen LogP contribution in [0.4, 0.5) is 0 Å². The molecule has 2 aromatic rings. The summed E-state index contributed by atoms with van der Waals surface area (Å²) in [5.74, 6) is 6.49. The molecule has 130 valence electrons. The van der Waals surface area contributed by atoms with Gasteiger partial charge in [0.05, 0.1) is 12.3 Å². The van der Waals surface area contributed by atoms with Gasteiger partial charge in [-0.05, 0) is 23.1 Å². The summed E-state index contributed by atoms with van der Waals surface area (Å²) in [4.78, 5) is 11.7. The van der Waals surface area contributed by atoms with Crippen molar-refractivity contribution in [1.82, 2.24) is 20.2 Å². The Morgan fingerprint density at radius 2 is 2.04 bits per heavy atom. The van der Waals surface area contributed by atoms with Gasteiger partial charge in [0.15, 0.2) is 0 Å². The summed E-state index contributed by atoms with van der Waals surface area (Å²) in [6, 6.07) is 8.03. The van der Waals surface area contributed by atoms with E-state index >= 15 is 0 Å². The number of nitrogens with zero attached hydrogens (tertiary/aromatic N) is 3. The number of benzene rings is 1. The fourth-order valence-electron chi connectivity index (χ4n) is 1.93. The van der Waals surface area contributed by atoms with Crippen LogP contribution in [0.1, 0.15) is 26.3 Å². The van der Waals surface area contributed by atoms with E-state index in [2.05, 4.69) is 48.4 Å². The van der Waals surface area contributed by atoms with Crippen molar-refractivity contribution in [2.75, 3.05) is 24.7 Å². The molecule has 1 aromatic carbocycles. The predicted octanol–water partition coefficient (Wildman–Crippen LogP) is 1.58. The summed E-state index contributed by atoms with van der Waals surface area (Å²) in [7, 11) is 0. The van der Waals surface area contributed by atoms with Crippen molar-refractivity contribution in [1.29, 1.82) is 0 Å². The van der Waals surface area contributed by atoms with E-state index in [0.29, 0.717) is 18.3 Å². The molecule has 0 saturated carbocycles. The molecule has 2 rings (SSSR count). The minimum atomic E-state index is -0.102. The van der Waals surface area contributed by atoms with Crippen LogP contribution in [0.2, 0.25) is 0 Å².